The molecule has 0 radical (unpaired) electrons. The second kappa shape index (κ2) is 5.77. The summed E-state index contributed by atoms with van der Waals surface area (Å²) in [6.07, 6.45) is 3.17. The zero-order valence-electron chi connectivity index (χ0n) is 12.1. The number of nitrogens with zero attached hydrogens (tertiary/aromatic N) is 2. The number of benzene rings is 1. The van der Waals surface area contributed by atoms with Gasteiger partial charge in [-0.15, -0.1) is 0 Å². The number of nitrogens with one attached hydrogen (secondary N) is 1. The number of hydrogen-bond acceptors (Lipinski definition) is 3. The third-order valence-corrected chi connectivity index (χ3v) is 3.23. The van der Waals surface area contributed by atoms with Crippen molar-refractivity contribution in [1.29, 1.82) is 0 Å². The monoisotopic (exact) mass is 272 g/mol. The molecule has 1 heterocycles. The van der Waals surface area contributed by atoms with Crippen LogP contribution in [0.3, 0.4) is 0 Å². The van der Waals surface area contributed by atoms with Crippen LogP contribution in [0.1, 0.15) is 29.7 Å². The van der Waals surface area contributed by atoms with Gasteiger partial charge in [0.1, 0.15) is 6.54 Å². The SMILES string of the molecule is Cc1ccc(C(C)NC(=O)Cn2cc(N)cn2)c(C)c1. The third-order valence-electron chi connectivity index (χ3n) is 3.23. The Bertz CT molecular complexity index is 618. The fourth-order valence-electron chi connectivity index (χ4n) is 2.29. The van der Waals surface area contributed by atoms with Crippen LogP contribution in [-0.4, -0.2) is 15.7 Å². The standard InChI is InChI=1S/C15H20N4O/c1-10-4-5-14(11(2)6-10)12(3)18-15(20)9-19-8-13(16)7-17-19/h4-8,12H,9,16H2,1-3H3,(H,18,20). The highest BCUT2D eigenvalue weighted by atomic mass is 16.2. The summed E-state index contributed by atoms with van der Waals surface area (Å²) in [5.74, 6) is -0.0828. The average molecular weight is 272 g/mol. The van der Waals surface area contributed by atoms with E-state index in [2.05, 4.69) is 42.5 Å². The quantitative estimate of drug-likeness (QED) is 0.893. The van der Waals surface area contributed by atoms with E-state index in [0.717, 1.165) is 5.56 Å². The molecule has 1 atom stereocenters. The van der Waals surface area contributed by atoms with Gasteiger partial charge in [0, 0.05) is 6.20 Å². The first-order chi connectivity index (χ1) is 9.45. The van der Waals surface area contributed by atoms with E-state index in [1.165, 1.54) is 22.0 Å². The molecule has 0 aliphatic carbocycles. The summed E-state index contributed by atoms with van der Waals surface area (Å²) in [7, 11) is 0. The van der Waals surface area contributed by atoms with Crippen LogP contribution in [0.15, 0.2) is 30.6 Å². The Labute approximate surface area is 118 Å². The molecular weight excluding hydrogens is 252 g/mol. The summed E-state index contributed by atoms with van der Waals surface area (Å²) in [5.41, 5.74) is 9.65. The number of carbonyl (C=O) groups is 1. The van der Waals surface area contributed by atoms with Gasteiger partial charge < -0.3 is 11.1 Å². The van der Waals surface area contributed by atoms with Gasteiger partial charge in [0.05, 0.1) is 17.9 Å². The van der Waals surface area contributed by atoms with E-state index in [1.54, 1.807) is 6.20 Å². The van der Waals surface area contributed by atoms with E-state index in [-0.39, 0.29) is 18.5 Å². The molecular formula is C15H20N4O. The topological polar surface area (TPSA) is 72.9 Å². The lowest BCUT2D eigenvalue weighted by Crippen LogP contribution is -2.30. The highest BCUT2D eigenvalue weighted by Gasteiger charge is 2.12. The summed E-state index contributed by atoms with van der Waals surface area (Å²) < 4.78 is 1.53. The van der Waals surface area contributed by atoms with Crippen molar-refractivity contribution < 1.29 is 4.79 Å². The van der Waals surface area contributed by atoms with Gasteiger partial charge in [0.15, 0.2) is 0 Å². The van der Waals surface area contributed by atoms with Crippen molar-refractivity contribution in [2.45, 2.75) is 33.4 Å². The molecule has 2 aromatic rings. The number of anilines is 1. The van der Waals surface area contributed by atoms with E-state index in [0.29, 0.717) is 5.69 Å². The molecule has 1 amide bonds. The lowest BCUT2D eigenvalue weighted by Gasteiger charge is -2.17. The van der Waals surface area contributed by atoms with Crippen molar-refractivity contribution in [2.75, 3.05) is 5.73 Å². The van der Waals surface area contributed by atoms with E-state index in [1.807, 2.05) is 6.92 Å². The molecule has 5 heteroatoms. The Morgan fingerprint density at radius 1 is 1.45 bits per heavy atom. The summed E-state index contributed by atoms with van der Waals surface area (Å²) in [5, 5.41) is 6.97. The van der Waals surface area contributed by atoms with Crippen molar-refractivity contribution in [1.82, 2.24) is 15.1 Å². The Morgan fingerprint density at radius 3 is 2.80 bits per heavy atom. The number of nitrogens with two attached hydrogens (primary N) is 1. The maximum atomic E-state index is 12.0. The van der Waals surface area contributed by atoms with Gasteiger partial charge in [-0.1, -0.05) is 23.8 Å². The summed E-state index contributed by atoms with van der Waals surface area (Å²) in [4.78, 5) is 12.0. The molecule has 0 aliphatic rings. The van der Waals surface area contributed by atoms with Crippen LogP contribution in [0.2, 0.25) is 0 Å². The maximum Gasteiger partial charge on any atom is 0.242 e. The molecule has 1 aromatic heterocycles. The largest absolute Gasteiger partial charge is 0.396 e. The minimum absolute atomic E-state index is 0.0315. The molecule has 20 heavy (non-hydrogen) atoms. The molecule has 0 saturated heterocycles. The van der Waals surface area contributed by atoms with E-state index >= 15 is 0 Å². The third kappa shape index (κ3) is 3.38. The maximum absolute atomic E-state index is 12.0. The van der Waals surface area contributed by atoms with Crippen LogP contribution in [0.25, 0.3) is 0 Å². The molecule has 1 unspecified atom stereocenters. The number of carbonyl (C=O) groups excluding carboxylic acids is 1. The number of rotatable bonds is 4. The van der Waals surface area contributed by atoms with Crippen molar-refractivity contribution in [2.24, 2.45) is 0 Å². The minimum Gasteiger partial charge on any atom is -0.396 e. The average Bonchev–Trinajstić information content (AvgIpc) is 2.74. The summed E-state index contributed by atoms with van der Waals surface area (Å²) >= 11 is 0. The van der Waals surface area contributed by atoms with Crippen molar-refractivity contribution in [3.05, 3.63) is 47.3 Å². The number of hydrogen-bond donors (Lipinski definition) is 2. The molecule has 0 bridgehead atoms. The van der Waals surface area contributed by atoms with E-state index in [4.69, 9.17) is 5.73 Å². The number of nitrogen functional groups attached to an aromatic ring is 1. The van der Waals surface area contributed by atoms with Crippen LogP contribution in [0, 0.1) is 13.8 Å². The van der Waals surface area contributed by atoms with Gasteiger partial charge in [-0.25, -0.2) is 0 Å². The molecule has 5 nitrogen and oxygen atoms in total. The minimum atomic E-state index is -0.0828. The Balaban J connectivity index is 2.00. The van der Waals surface area contributed by atoms with Gasteiger partial charge in [0.2, 0.25) is 5.91 Å². The summed E-state index contributed by atoms with van der Waals surface area (Å²) in [6, 6.07) is 6.20. The van der Waals surface area contributed by atoms with Crippen molar-refractivity contribution in [3.8, 4) is 0 Å². The number of amides is 1. The zero-order chi connectivity index (χ0) is 14.7. The summed E-state index contributed by atoms with van der Waals surface area (Å²) in [6.45, 7) is 6.26. The Hall–Kier alpha value is -2.30. The zero-order valence-corrected chi connectivity index (χ0v) is 12.1. The van der Waals surface area contributed by atoms with Gasteiger partial charge >= 0.3 is 0 Å². The molecule has 2 rings (SSSR count). The van der Waals surface area contributed by atoms with Crippen molar-refractivity contribution in [3.63, 3.8) is 0 Å². The van der Waals surface area contributed by atoms with E-state index < -0.39 is 0 Å². The lowest BCUT2D eigenvalue weighted by molar-refractivity contribution is -0.122. The fourth-order valence-corrected chi connectivity index (χ4v) is 2.29. The van der Waals surface area contributed by atoms with Crippen molar-refractivity contribution >= 4 is 11.6 Å². The predicted octanol–water partition coefficient (Wildman–Crippen LogP) is 1.96. The van der Waals surface area contributed by atoms with Crippen LogP contribution in [0.4, 0.5) is 5.69 Å². The molecule has 106 valence electrons. The van der Waals surface area contributed by atoms with E-state index in [9.17, 15) is 4.79 Å². The molecule has 0 spiro atoms. The van der Waals surface area contributed by atoms with Gasteiger partial charge in [-0.3, -0.25) is 9.48 Å². The second-order valence-corrected chi connectivity index (χ2v) is 5.12. The highest BCUT2D eigenvalue weighted by Crippen LogP contribution is 2.18. The molecule has 0 aliphatic heterocycles. The highest BCUT2D eigenvalue weighted by molar-refractivity contribution is 5.76. The predicted molar refractivity (Wildman–Crippen MR) is 79.1 cm³/mol. The molecule has 0 fully saturated rings. The van der Waals surface area contributed by atoms with Gasteiger partial charge in [-0.05, 0) is 31.9 Å². The van der Waals surface area contributed by atoms with Crippen LogP contribution in [0.5, 0.6) is 0 Å². The lowest BCUT2D eigenvalue weighted by atomic mass is 10.0. The smallest absolute Gasteiger partial charge is 0.242 e. The molecule has 3 N–H and O–H groups in total. The fraction of sp³-hybridized carbons (Fsp3) is 0.333. The number of aryl methyl sites for hydroxylation is 2. The first-order valence-electron chi connectivity index (χ1n) is 6.60. The molecule has 0 saturated carbocycles. The molecule has 1 aromatic carbocycles. The number of aromatic nitrogens is 2. The first-order valence-corrected chi connectivity index (χ1v) is 6.60. The second-order valence-electron chi connectivity index (χ2n) is 5.12. The first kappa shape index (κ1) is 14.1. The van der Waals surface area contributed by atoms with Gasteiger partial charge in [-0.2, -0.15) is 5.10 Å². The Morgan fingerprint density at radius 2 is 2.20 bits per heavy atom. The normalized spacial score (nSPS) is 12.2. The Kier molecular flexibility index (Phi) is 4.08. The van der Waals surface area contributed by atoms with Gasteiger partial charge in [0.25, 0.3) is 0 Å². The van der Waals surface area contributed by atoms with Crippen LogP contribution >= 0.6 is 0 Å². The van der Waals surface area contributed by atoms with Crippen LogP contribution in [-0.2, 0) is 11.3 Å². The van der Waals surface area contributed by atoms with Crippen LogP contribution < -0.4 is 11.1 Å².